The average molecular weight is 222 g/mol. The Labute approximate surface area is 98.0 Å². The monoisotopic (exact) mass is 222 g/mol. The van der Waals surface area contributed by atoms with E-state index in [1.807, 2.05) is 0 Å². The van der Waals surface area contributed by atoms with E-state index in [2.05, 4.69) is 6.58 Å². The molecule has 0 aromatic carbocycles. The van der Waals surface area contributed by atoms with Crippen molar-refractivity contribution in [2.75, 3.05) is 13.2 Å². The zero-order valence-electron chi connectivity index (χ0n) is 9.99. The summed E-state index contributed by atoms with van der Waals surface area (Å²) in [5.41, 5.74) is 0.246. The summed E-state index contributed by atoms with van der Waals surface area (Å²) in [6.07, 6.45) is 9.84. The summed E-state index contributed by atoms with van der Waals surface area (Å²) in [5.74, 6) is 2.84. The van der Waals surface area contributed by atoms with Crippen LogP contribution in [-0.4, -0.2) is 18.8 Å². The molecule has 2 nitrogen and oxygen atoms in total. The van der Waals surface area contributed by atoms with Crippen molar-refractivity contribution in [2.45, 2.75) is 44.1 Å². The summed E-state index contributed by atoms with van der Waals surface area (Å²) in [6, 6.07) is 0. The molecule has 0 spiro atoms. The molecule has 16 heavy (non-hydrogen) atoms. The topological polar surface area (TPSA) is 18.5 Å². The fourth-order valence-corrected chi connectivity index (χ4v) is 4.60. The van der Waals surface area contributed by atoms with Gasteiger partial charge in [-0.25, -0.2) is 0 Å². The second-order valence-corrected chi connectivity index (χ2v) is 5.65. The van der Waals surface area contributed by atoms with Gasteiger partial charge in [0.05, 0.1) is 18.5 Å². The molecule has 0 aromatic rings. The Morgan fingerprint density at radius 2 is 2.19 bits per heavy atom. The summed E-state index contributed by atoms with van der Waals surface area (Å²) in [7, 11) is 0. The fourth-order valence-electron chi connectivity index (χ4n) is 4.60. The zero-order chi connectivity index (χ0) is 11.0. The van der Waals surface area contributed by atoms with Gasteiger partial charge in [0.15, 0.2) is 0 Å². The van der Waals surface area contributed by atoms with Crippen LogP contribution in [0, 0.1) is 17.8 Å². The highest BCUT2D eigenvalue weighted by molar-refractivity contribution is 5.09. The third-order valence-corrected chi connectivity index (χ3v) is 5.11. The average Bonchev–Trinajstić information content (AvgIpc) is 2.95. The molecule has 2 heteroatoms. The van der Waals surface area contributed by atoms with E-state index in [1.54, 1.807) is 0 Å². The number of hydrogen-bond acceptors (Lipinski definition) is 2. The van der Waals surface area contributed by atoms with Crippen molar-refractivity contribution in [2.24, 2.45) is 17.8 Å². The molecule has 3 rings (SSSR count). The van der Waals surface area contributed by atoms with Crippen LogP contribution >= 0.6 is 0 Å². The molecule has 0 aromatic heterocycles. The van der Waals surface area contributed by atoms with E-state index < -0.39 is 0 Å². The molecule has 0 heterocycles. The molecule has 4 unspecified atom stereocenters. The minimum absolute atomic E-state index is 0.246. The first-order valence-electron chi connectivity index (χ1n) is 6.72. The van der Waals surface area contributed by atoms with Crippen LogP contribution < -0.4 is 0 Å². The second kappa shape index (κ2) is 4.06. The van der Waals surface area contributed by atoms with Gasteiger partial charge in [-0.1, -0.05) is 13.0 Å². The largest absolute Gasteiger partial charge is 0.499 e. The number of ether oxygens (including phenoxy) is 2. The SMILES string of the molecule is C=COCCOC12CCC(C1)C1CCCC12. The Kier molecular flexibility index (Phi) is 2.70. The van der Waals surface area contributed by atoms with Crippen molar-refractivity contribution in [3.63, 3.8) is 0 Å². The molecule has 4 atom stereocenters. The van der Waals surface area contributed by atoms with Gasteiger partial charge >= 0.3 is 0 Å². The molecular formula is C14H22O2. The highest BCUT2D eigenvalue weighted by Crippen LogP contribution is 2.62. The quantitative estimate of drug-likeness (QED) is 0.525. The van der Waals surface area contributed by atoms with Gasteiger partial charge in [-0.3, -0.25) is 0 Å². The Bertz CT molecular complexity index is 276. The molecule has 90 valence electrons. The van der Waals surface area contributed by atoms with Crippen LogP contribution in [0.25, 0.3) is 0 Å². The van der Waals surface area contributed by atoms with Crippen molar-refractivity contribution in [3.05, 3.63) is 12.8 Å². The van der Waals surface area contributed by atoms with Gasteiger partial charge in [0.1, 0.15) is 6.61 Å². The molecule has 3 aliphatic rings. The van der Waals surface area contributed by atoms with Gasteiger partial charge in [0, 0.05) is 0 Å². The van der Waals surface area contributed by atoms with Crippen molar-refractivity contribution in [1.29, 1.82) is 0 Å². The van der Waals surface area contributed by atoms with Crippen LogP contribution in [0.5, 0.6) is 0 Å². The molecule has 0 saturated heterocycles. The third-order valence-electron chi connectivity index (χ3n) is 5.11. The molecule has 0 N–H and O–H groups in total. The molecule has 3 aliphatic carbocycles. The second-order valence-electron chi connectivity index (χ2n) is 5.65. The van der Waals surface area contributed by atoms with Gasteiger partial charge in [-0.2, -0.15) is 0 Å². The predicted molar refractivity (Wildman–Crippen MR) is 63.0 cm³/mol. The summed E-state index contributed by atoms with van der Waals surface area (Å²) < 4.78 is 11.4. The molecule has 0 aliphatic heterocycles. The standard InChI is InChI=1S/C14H22O2/c1-2-15-8-9-16-14-7-6-11(10-14)12-4-3-5-13(12)14/h2,11-13H,1,3-10H2. The molecular weight excluding hydrogens is 200 g/mol. The van der Waals surface area contributed by atoms with Crippen molar-refractivity contribution in [3.8, 4) is 0 Å². The lowest BCUT2D eigenvalue weighted by Crippen LogP contribution is -2.38. The van der Waals surface area contributed by atoms with Crippen molar-refractivity contribution >= 4 is 0 Å². The van der Waals surface area contributed by atoms with E-state index in [4.69, 9.17) is 9.47 Å². The van der Waals surface area contributed by atoms with E-state index in [9.17, 15) is 0 Å². The Hall–Kier alpha value is -0.500. The molecule has 3 saturated carbocycles. The van der Waals surface area contributed by atoms with Crippen LogP contribution in [0.1, 0.15) is 38.5 Å². The first-order chi connectivity index (χ1) is 7.86. The first-order valence-corrected chi connectivity index (χ1v) is 6.72. The fraction of sp³-hybridized carbons (Fsp3) is 0.857. The minimum Gasteiger partial charge on any atom is -0.499 e. The lowest BCUT2D eigenvalue weighted by molar-refractivity contribution is -0.0875. The van der Waals surface area contributed by atoms with Crippen LogP contribution in [0.2, 0.25) is 0 Å². The van der Waals surface area contributed by atoms with E-state index in [0.29, 0.717) is 6.61 Å². The molecule has 3 fully saturated rings. The maximum absolute atomic E-state index is 6.22. The summed E-state index contributed by atoms with van der Waals surface area (Å²) in [5, 5.41) is 0. The Morgan fingerprint density at radius 1 is 1.25 bits per heavy atom. The van der Waals surface area contributed by atoms with Crippen molar-refractivity contribution < 1.29 is 9.47 Å². The van der Waals surface area contributed by atoms with Gasteiger partial charge in [-0.05, 0) is 49.9 Å². The van der Waals surface area contributed by atoms with Gasteiger partial charge in [0.25, 0.3) is 0 Å². The highest BCUT2D eigenvalue weighted by atomic mass is 16.5. The van der Waals surface area contributed by atoms with E-state index in [0.717, 1.165) is 24.4 Å². The molecule has 0 amide bonds. The maximum Gasteiger partial charge on any atom is 0.111 e. The van der Waals surface area contributed by atoms with Crippen LogP contribution in [0.4, 0.5) is 0 Å². The lowest BCUT2D eigenvalue weighted by atomic mass is 9.79. The van der Waals surface area contributed by atoms with E-state index in [1.165, 1.54) is 44.8 Å². The number of hydrogen-bond donors (Lipinski definition) is 0. The van der Waals surface area contributed by atoms with E-state index in [-0.39, 0.29) is 5.60 Å². The van der Waals surface area contributed by atoms with E-state index >= 15 is 0 Å². The Morgan fingerprint density at radius 3 is 3.06 bits per heavy atom. The minimum atomic E-state index is 0.246. The highest BCUT2D eigenvalue weighted by Gasteiger charge is 2.59. The summed E-state index contributed by atoms with van der Waals surface area (Å²) >= 11 is 0. The normalized spacial score (nSPS) is 44.6. The van der Waals surface area contributed by atoms with Crippen LogP contribution in [-0.2, 0) is 9.47 Å². The van der Waals surface area contributed by atoms with Crippen molar-refractivity contribution in [1.82, 2.24) is 0 Å². The number of fused-ring (bicyclic) bond motifs is 5. The molecule has 0 radical (unpaired) electrons. The Balaban J connectivity index is 1.61. The summed E-state index contributed by atoms with van der Waals surface area (Å²) in [6.45, 7) is 4.95. The smallest absolute Gasteiger partial charge is 0.111 e. The first kappa shape index (κ1) is 10.6. The van der Waals surface area contributed by atoms with Crippen LogP contribution in [0.3, 0.4) is 0 Å². The summed E-state index contributed by atoms with van der Waals surface area (Å²) in [4.78, 5) is 0. The van der Waals surface area contributed by atoms with Gasteiger partial charge in [-0.15, -0.1) is 0 Å². The van der Waals surface area contributed by atoms with Crippen LogP contribution in [0.15, 0.2) is 12.8 Å². The number of rotatable bonds is 5. The molecule has 2 bridgehead atoms. The van der Waals surface area contributed by atoms with Gasteiger partial charge in [0.2, 0.25) is 0 Å². The zero-order valence-corrected chi connectivity index (χ0v) is 9.99. The predicted octanol–water partition coefficient (Wildman–Crippen LogP) is 3.13. The maximum atomic E-state index is 6.22. The third kappa shape index (κ3) is 1.50. The van der Waals surface area contributed by atoms with Gasteiger partial charge < -0.3 is 9.47 Å². The lowest BCUT2D eigenvalue weighted by Gasteiger charge is -2.35.